The molecule has 0 heterocycles. The Balaban J connectivity index is 2.70. The van der Waals surface area contributed by atoms with Crippen LogP contribution in [0.5, 0.6) is 0 Å². The van der Waals surface area contributed by atoms with Crippen molar-refractivity contribution in [3.05, 3.63) is 35.4 Å². The molecule has 2 heteroatoms. The van der Waals surface area contributed by atoms with Crippen LogP contribution in [0.1, 0.15) is 45.2 Å². The number of hydrogen-bond acceptors (Lipinski definition) is 2. The Morgan fingerprint density at radius 1 is 1.17 bits per heavy atom. The first-order chi connectivity index (χ1) is 8.47. The zero-order chi connectivity index (χ0) is 13.6. The molecule has 0 radical (unpaired) electrons. The van der Waals surface area contributed by atoms with E-state index < -0.39 is 0 Å². The van der Waals surface area contributed by atoms with Crippen molar-refractivity contribution in [3.63, 3.8) is 0 Å². The molecule has 2 nitrogen and oxygen atoms in total. The summed E-state index contributed by atoms with van der Waals surface area (Å²) in [5.74, 6) is 0. The number of hydrogen-bond donors (Lipinski definition) is 0. The van der Waals surface area contributed by atoms with Crippen LogP contribution < -0.4 is 0 Å². The molecule has 0 fully saturated rings. The molecule has 98 valence electrons. The van der Waals surface area contributed by atoms with Crippen molar-refractivity contribution in [1.82, 2.24) is 4.90 Å². The fourth-order valence-corrected chi connectivity index (χ4v) is 2.00. The molecule has 0 bridgehead atoms. The van der Waals surface area contributed by atoms with E-state index in [-0.39, 0.29) is 5.41 Å². The van der Waals surface area contributed by atoms with Gasteiger partial charge in [0.15, 0.2) is 0 Å². The van der Waals surface area contributed by atoms with E-state index in [4.69, 9.17) is 5.26 Å². The molecular weight excluding hydrogens is 220 g/mol. The monoisotopic (exact) mass is 244 g/mol. The van der Waals surface area contributed by atoms with Crippen molar-refractivity contribution in [3.8, 4) is 6.07 Å². The SMILES string of the molecule is CCCN(CC#N)Cc1ccc(C(C)(C)C)cc1. The van der Waals surface area contributed by atoms with E-state index in [1.54, 1.807) is 0 Å². The number of benzene rings is 1. The van der Waals surface area contributed by atoms with Crippen LogP contribution in [-0.4, -0.2) is 18.0 Å². The van der Waals surface area contributed by atoms with Crippen LogP contribution in [0.2, 0.25) is 0 Å². The maximum Gasteiger partial charge on any atom is 0.0868 e. The van der Waals surface area contributed by atoms with E-state index in [1.807, 2.05) is 0 Å². The van der Waals surface area contributed by atoms with Crippen molar-refractivity contribution >= 4 is 0 Å². The van der Waals surface area contributed by atoms with E-state index in [0.29, 0.717) is 6.54 Å². The van der Waals surface area contributed by atoms with E-state index >= 15 is 0 Å². The lowest BCUT2D eigenvalue weighted by molar-refractivity contribution is 0.298. The summed E-state index contributed by atoms with van der Waals surface area (Å²) in [5.41, 5.74) is 2.84. The zero-order valence-corrected chi connectivity index (χ0v) is 12.0. The third-order valence-electron chi connectivity index (χ3n) is 3.06. The van der Waals surface area contributed by atoms with Gasteiger partial charge >= 0.3 is 0 Å². The quantitative estimate of drug-likeness (QED) is 0.738. The zero-order valence-electron chi connectivity index (χ0n) is 12.0. The molecule has 0 saturated heterocycles. The Morgan fingerprint density at radius 2 is 1.78 bits per heavy atom. The summed E-state index contributed by atoms with van der Waals surface area (Å²) in [7, 11) is 0. The maximum absolute atomic E-state index is 8.80. The molecule has 1 aromatic rings. The van der Waals surface area contributed by atoms with E-state index in [2.05, 4.69) is 62.9 Å². The van der Waals surface area contributed by atoms with Crippen molar-refractivity contribution in [2.75, 3.05) is 13.1 Å². The lowest BCUT2D eigenvalue weighted by atomic mass is 9.87. The molecule has 1 aromatic carbocycles. The molecule has 0 aliphatic rings. The highest BCUT2D eigenvalue weighted by Crippen LogP contribution is 2.22. The lowest BCUT2D eigenvalue weighted by Gasteiger charge is -2.21. The topological polar surface area (TPSA) is 27.0 Å². The van der Waals surface area contributed by atoms with Gasteiger partial charge in [-0.15, -0.1) is 0 Å². The maximum atomic E-state index is 8.80. The van der Waals surface area contributed by atoms with Crippen molar-refractivity contribution in [2.24, 2.45) is 0 Å². The Labute approximate surface area is 111 Å². The summed E-state index contributed by atoms with van der Waals surface area (Å²) >= 11 is 0. The highest BCUT2D eigenvalue weighted by atomic mass is 15.1. The number of nitriles is 1. The average Bonchev–Trinajstić information content (AvgIpc) is 2.29. The highest BCUT2D eigenvalue weighted by Gasteiger charge is 2.13. The Bertz CT molecular complexity index is 393. The molecule has 0 N–H and O–H groups in total. The second-order valence-electron chi connectivity index (χ2n) is 5.82. The predicted octanol–water partition coefficient (Wildman–Crippen LogP) is 3.72. The smallest absolute Gasteiger partial charge is 0.0868 e. The minimum Gasteiger partial charge on any atom is -0.286 e. The van der Waals surface area contributed by atoms with Gasteiger partial charge in [-0.3, -0.25) is 4.90 Å². The van der Waals surface area contributed by atoms with Gasteiger partial charge in [0, 0.05) is 6.54 Å². The van der Waals surface area contributed by atoms with Crippen molar-refractivity contribution < 1.29 is 0 Å². The van der Waals surface area contributed by atoms with E-state index in [9.17, 15) is 0 Å². The van der Waals surface area contributed by atoms with E-state index in [1.165, 1.54) is 11.1 Å². The van der Waals surface area contributed by atoms with E-state index in [0.717, 1.165) is 19.5 Å². The third kappa shape index (κ3) is 4.50. The van der Waals surface area contributed by atoms with Crippen LogP contribution in [-0.2, 0) is 12.0 Å². The van der Waals surface area contributed by atoms with Gasteiger partial charge in [-0.25, -0.2) is 0 Å². The average molecular weight is 244 g/mol. The van der Waals surface area contributed by atoms with Crippen molar-refractivity contribution in [1.29, 1.82) is 5.26 Å². The van der Waals surface area contributed by atoms with Crippen LogP contribution in [0, 0.1) is 11.3 Å². The summed E-state index contributed by atoms with van der Waals surface area (Å²) < 4.78 is 0. The largest absolute Gasteiger partial charge is 0.286 e. The molecule has 0 saturated carbocycles. The second-order valence-corrected chi connectivity index (χ2v) is 5.82. The molecule has 0 amide bonds. The van der Waals surface area contributed by atoms with Gasteiger partial charge in [-0.2, -0.15) is 5.26 Å². The third-order valence-corrected chi connectivity index (χ3v) is 3.06. The first-order valence-corrected chi connectivity index (χ1v) is 6.66. The highest BCUT2D eigenvalue weighted by molar-refractivity contribution is 5.27. The lowest BCUT2D eigenvalue weighted by Crippen LogP contribution is -2.24. The molecule has 18 heavy (non-hydrogen) atoms. The normalized spacial score (nSPS) is 11.6. The fourth-order valence-electron chi connectivity index (χ4n) is 2.00. The van der Waals surface area contributed by atoms with Gasteiger partial charge in [-0.05, 0) is 29.5 Å². The molecule has 0 unspecified atom stereocenters. The summed E-state index contributed by atoms with van der Waals surface area (Å²) in [6.07, 6.45) is 1.09. The van der Waals surface area contributed by atoms with Crippen LogP contribution in [0.15, 0.2) is 24.3 Å². The fraction of sp³-hybridized carbons (Fsp3) is 0.562. The van der Waals surface area contributed by atoms with Gasteiger partial charge in [0.25, 0.3) is 0 Å². The molecule has 1 rings (SSSR count). The predicted molar refractivity (Wildman–Crippen MR) is 76.3 cm³/mol. The first kappa shape index (κ1) is 14.7. The molecular formula is C16H24N2. The molecule has 0 atom stereocenters. The van der Waals surface area contributed by atoms with Gasteiger partial charge in [0.1, 0.15) is 0 Å². The van der Waals surface area contributed by atoms with Crippen LogP contribution in [0.3, 0.4) is 0 Å². The minimum atomic E-state index is 0.203. The van der Waals surface area contributed by atoms with Gasteiger partial charge in [-0.1, -0.05) is 52.0 Å². The molecule has 0 aliphatic carbocycles. The van der Waals surface area contributed by atoms with Gasteiger partial charge < -0.3 is 0 Å². The molecule has 0 spiro atoms. The summed E-state index contributed by atoms with van der Waals surface area (Å²) in [6.45, 7) is 11.2. The number of rotatable bonds is 5. The summed E-state index contributed by atoms with van der Waals surface area (Å²) in [6, 6.07) is 11.0. The molecule has 0 aromatic heterocycles. The summed E-state index contributed by atoms with van der Waals surface area (Å²) in [4.78, 5) is 2.19. The van der Waals surface area contributed by atoms with Crippen LogP contribution in [0.25, 0.3) is 0 Å². The van der Waals surface area contributed by atoms with Gasteiger partial charge in [0.05, 0.1) is 12.6 Å². The first-order valence-electron chi connectivity index (χ1n) is 6.66. The van der Waals surface area contributed by atoms with Crippen LogP contribution in [0.4, 0.5) is 0 Å². The van der Waals surface area contributed by atoms with Gasteiger partial charge in [0.2, 0.25) is 0 Å². The Hall–Kier alpha value is -1.33. The van der Waals surface area contributed by atoms with Crippen molar-refractivity contribution in [2.45, 2.75) is 46.1 Å². The number of nitrogens with zero attached hydrogens (tertiary/aromatic N) is 2. The minimum absolute atomic E-state index is 0.203. The molecule has 0 aliphatic heterocycles. The summed E-state index contributed by atoms with van der Waals surface area (Å²) in [5, 5.41) is 8.80. The second kappa shape index (κ2) is 6.56. The standard InChI is InChI=1S/C16H24N2/c1-5-11-18(12-10-17)13-14-6-8-15(9-7-14)16(2,3)4/h6-9H,5,11-13H2,1-4H3. The Kier molecular flexibility index (Phi) is 5.37. The van der Waals surface area contributed by atoms with Crippen LogP contribution >= 0.6 is 0 Å². The Morgan fingerprint density at radius 3 is 2.22 bits per heavy atom.